The average molecular weight is 328 g/mol. The summed E-state index contributed by atoms with van der Waals surface area (Å²) in [7, 11) is 0. The molecule has 2 aromatic rings. The van der Waals surface area contributed by atoms with E-state index in [-0.39, 0.29) is 6.61 Å². The first-order valence-electron chi connectivity index (χ1n) is 6.00. The second kappa shape index (κ2) is 4.88. The van der Waals surface area contributed by atoms with Gasteiger partial charge in [0.05, 0.1) is 12.1 Å². The minimum atomic E-state index is -1.20. The van der Waals surface area contributed by atoms with E-state index >= 15 is 0 Å². The summed E-state index contributed by atoms with van der Waals surface area (Å²) in [4.78, 5) is 0. The molecule has 6 heteroatoms. The van der Waals surface area contributed by atoms with Crippen LogP contribution in [-0.4, -0.2) is 44.8 Å². The molecule has 0 spiro atoms. The molecule has 1 aromatic heterocycles. The zero-order chi connectivity index (χ0) is 13.6. The third kappa shape index (κ3) is 2.19. The molecule has 0 bridgehead atoms. The number of rotatable bonds is 1. The Bertz CT molecular complexity index is 599. The SMILES string of the molecule is O[C@@H]1[C@@H](O)[C@@H](O)CO[C@H]1n1ccc2cc(Br)ccc21. The number of ether oxygens (including phenoxy) is 1. The van der Waals surface area contributed by atoms with Crippen molar-refractivity contribution in [1.82, 2.24) is 4.57 Å². The van der Waals surface area contributed by atoms with Gasteiger partial charge in [-0.2, -0.15) is 0 Å². The van der Waals surface area contributed by atoms with Gasteiger partial charge in [-0.05, 0) is 24.3 Å². The van der Waals surface area contributed by atoms with Crippen molar-refractivity contribution in [2.45, 2.75) is 24.5 Å². The molecule has 0 amide bonds. The molecule has 1 saturated heterocycles. The first-order chi connectivity index (χ1) is 9.08. The number of benzene rings is 1. The van der Waals surface area contributed by atoms with Gasteiger partial charge in [0.25, 0.3) is 0 Å². The van der Waals surface area contributed by atoms with Crippen molar-refractivity contribution < 1.29 is 20.1 Å². The van der Waals surface area contributed by atoms with Crippen LogP contribution in [0.5, 0.6) is 0 Å². The highest BCUT2D eigenvalue weighted by molar-refractivity contribution is 9.10. The summed E-state index contributed by atoms with van der Waals surface area (Å²) < 4.78 is 8.18. The summed E-state index contributed by atoms with van der Waals surface area (Å²) in [5.74, 6) is 0. The number of hydrogen-bond acceptors (Lipinski definition) is 4. The van der Waals surface area contributed by atoms with E-state index in [0.717, 1.165) is 15.4 Å². The molecule has 4 atom stereocenters. The van der Waals surface area contributed by atoms with Crippen LogP contribution < -0.4 is 0 Å². The van der Waals surface area contributed by atoms with Gasteiger partial charge >= 0.3 is 0 Å². The Kier molecular flexibility index (Phi) is 3.36. The van der Waals surface area contributed by atoms with Crippen LogP contribution in [0.2, 0.25) is 0 Å². The quantitative estimate of drug-likeness (QED) is 0.731. The number of halogens is 1. The summed E-state index contributed by atoms with van der Waals surface area (Å²) in [6.07, 6.45) is -2.32. The first-order valence-corrected chi connectivity index (χ1v) is 6.79. The topological polar surface area (TPSA) is 74.8 Å². The zero-order valence-corrected chi connectivity index (χ0v) is 11.6. The Morgan fingerprint density at radius 3 is 2.74 bits per heavy atom. The van der Waals surface area contributed by atoms with Crippen LogP contribution in [0.25, 0.3) is 10.9 Å². The van der Waals surface area contributed by atoms with Gasteiger partial charge in [-0.3, -0.25) is 0 Å². The fourth-order valence-corrected chi connectivity index (χ4v) is 2.77. The minimum absolute atomic E-state index is 0.000898. The summed E-state index contributed by atoms with van der Waals surface area (Å²) in [5, 5.41) is 30.2. The van der Waals surface area contributed by atoms with Crippen LogP contribution in [0, 0.1) is 0 Å². The summed E-state index contributed by atoms with van der Waals surface area (Å²) in [5.41, 5.74) is 0.899. The fraction of sp³-hybridized carbons (Fsp3) is 0.385. The van der Waals surface area contributed by atoms with E-state index in [4.69, 9.17) is 4.74 Å². The van der Waals surface area contributed by atoms with Crippen molar-refractivity contribution in [2.75, 3.05) is 6.61 Å². The van der Waals surface area contributed by atoms with Gasteiger partial charge < -0.3 is 24.6 Å². The van der Waals surface area contributed by atoms with Crippen LogP contribution in [0.4, 0.5) is 0 Å². The van der Waals surface area contributed by atoms with Gasteiger partial charge in [0.2, 0.25) is 0 Å². The fourth-order valence-electron chi connectivity index (χ4n) is 2.39. The van der Waals surface area contributed by atoms with Gasteiger partial charge in [-0.25, -0.2) is 0 Å². The zero-order valence-electron chi connectivity index (χ0n) is 9.98. The summed E-state index contributed by atoms with van der Waals surface area (Å²) >= 11 is 3.40. The molecule has 2 heterocycles. The van der Waals surface area contributed by atoms with E-state index in [1.807, 2.05) is 24.3 Å². The van der Waals surface area contributed by atoms with Crippen molar-refractivity contribution in [2.24, 2.45) is 0 Å². The molecule has 0 radical (unpaired) electrons. The number of aliphatic hydroxyl groups excluding tert-OH is 3. The molecule has 0 unspecified atom stereocenters. The molecule has 19 heavy (non-hydrogen) atoms. The summed E-state index contributed by atoms with van der Waals surface area (Å²) in [6, 6.07) is 7.69. The Morgan fingerprint density at radius 1 is 1.16 bits per heavy atom. The Hall–Kier alpha value is -0.920. The highest BCUT2D eigenvalue weighted by atomic mass is 79.9. The predicted octanol–water partition coefficient (Wildman–Crippen LogP) is 1.02. The third-order valence-corrected chi connectivity index (χ3v) is 3.92. The van der Waals surface area contributed by atoms with E-state index in [0.29, 0.717) is 0 Å². The molecule has 0 aliphatic carbocycles. The maximum absolute atomic E-state index is 10.0. The van der Waals surface area contributed by atoms with Crippen molar-refractivity contribution in [3.63, 3.8) is 0 Å². The highest BCUT2D eigenvalue weighted by Gasteiger charge is 2.38. The molecule has 1 fully saturated rings. The largest absolute Gasteiger partial charge is 0.388 e. The molecule has 5 nitrogen and oxygen atoms in total. The molecule has 1 aliphatic rings. The second-order valence-corrected chi connectivity index (χ2v) is 5.61. The average Bonchev–Trinajstić information content (AvgIpc) is 2.79. The third-order valence-electron chi connectivity index (χ3n) is 3.43. The van der Waals surface area contributed by atoms with Crippen molar-refractivity contribution in [3.05, 3.63) is 34.9 Å². The Labute approximate surface area is 118 Å². The minimum Gasteiger partial charge on any atom is -0.388 e. The van der Waals surface area contributed by atoms with Crippen molar-refractivity contribution >= 4 is 26.8 Å². The van der Waals surface area contributed by atoms with E-state index in [1.165, 1.54) is 0 Å². The van der Waals surface area contributed by atoms with Crippen molar-refractivity contribution in [1.29, 1.82) is 0 Å². The molecule has 1 aromatic carbocycles. The monoisotopic (exact) mass is 327 g/mol. The number of aliphatic hydroxyl groups is 3. The Morgan fingerprint density at radius 2 is 1.95 bits per heavy atom. The summed E-state index contributed by atoms with van der Waals surface area (Å²) in [6.45, 7) is -0.000898. The molecule has 102 valence electrons. The van der Waals surface area contributed by atoms with Crippen LogP contribution in [0.15, 0.2) is 34.9 Å². The van der Waals surface area contributed by atoms with E-state index < -0.39 is 24.5 Å². The number of aromatic nitrogens is 1. The standard InChI is InChI=1S/C13H14BrNO4/c14-8-1-2-9-7(5-8)3-4-15(9)13-12(18)11(17)10(16)6-19-13/h1-5,10-13,16-18H,6H2/t10-,11-,12+,13+/m0/s1. The van der Waals surface area contributed by atoms with Gasteiger partial charge in [0, 0.05) is 16.1 Å². The van der Waals surface area contributed by atoms with Gasteiger partial charge in [0.1, 0.15) is 18.3 Å². The van der Waals surface area contributed by atoms with E-state index in [1.54, 1.807) is 10.8 Å². The number of hydrogen-bond donors (Lipinski definition) is 3. The highest BCUT2D eigenvalue weighted by Crippen LogP contribution is 2.29. The van der Waals surface area contributed by atoms with E-state index in [9.17, 15) is 15.3 Å². The number of nitrogens with zero attached hydrogens (tertiary/aromatic N) is 1. The molecule has 1 aliphatic heterocycles. The molecule has 3 rings (SSSR count). The smallest absolute Gasteiger partial charge is 0.162 e. The van der Waals surface area contributed by atoms with Crippen LogP contribution in [0.1, 0.15) is 6.23 Å². The van der Waals surface area contributed by atoms with Crippen LogP contribution in [-0.2, 0) is 4.74 Å². The van der Waals surface area contributed by atoms with E-state index in [2.05, 4.69) is 15.9 Å². The van der Waals surface area contributed by atoms with Crippen LogP contribution >= 0.6 is 15.9 Å². The molecule has 0 saturated carbocycles. The maximum Gasteiger partial charge on any atom is 0.162 e. The van der Waals surface area contributed by atoms with Gasteiger partial charge in [-0.1, -0.05) is 15.9 Å². The molecular weight excluding hydrogens is 314 g/mol. The lowest BCUT2D eigenvalue weighted by molar-refractivity contribution is -0.209. The molecule has 3 N–H and O–H groups in total. The lowest BCUT2D eigenvalue weighted by Crippen LogP contribution is -2.50. The van der Waals surface area contributed by atoms with Crippen LogP contribution in [0.3, 0.4) is 0 Å². The molecular formula is C13H14BrNO4. The predicted molar refractivity (Wildman–Crippen MR) is 72.6 cm³/mol. The van der Waals surface area contributed by atoms with Gasteiger partial charge in [-0.15, -0.1) is 0 Å². The normalized spacial score (nSPS) is 31.8. The first kappa shape index (κ1) is 13.1. The number of fused-ring (bicyclic) bond motifs is 1. The second-order valence-electron chi connectivity index (χ2n) is 4.70. The van der Waals surface area contributed by atoms with Crippen molar-refractivity contribution in [3.8, 4) is 0 Å². The lowest BCUT2D eigenvalue weighted by Gasteiger charge is -2.36. The van der Waals surface area contributed by atoms with Gasteiger partial charge in [0.15, 0.2) is 6.23 Å². The Balaban J connectivity index is 2.00. The lowest BCUT2D eigenvalue weighted by atomic mass is 10.0. The maximum atomic E-state index is 10.0.